The quantitative estimate of drug-likeness (QED) is 0.642. The maximum atomic E-state index is 12.2. The summed E-state index contributed by atoms with van der Waals surface area (Å²) in [6.45, 7) is 2.03. The van der Waals surface area contributed by atoms with Crippen LogP contribution < -0.4 is 19.5 Å². The number of hydrogen-bond acceptors (Lipinski definition) is 6. The van der Waals surface area contributed by atoms with Crippen LogP contribution in [0, 0.1) is 6.92 Å². The molecular weight excluding hydrogens is 364 g/mol. The van der Waals surface area contributed by atoms with Gasteiger partial charge in [0.25, 0.3) is 0 Å². The van der Waals surface area contributed by atoms with Gasteiger partial charge in [-0.05, 0) is 48.4 Å². The van der Waals surface area contributed by atoms with Crippen LogP contribution in [-0.2, 0) is 4.79 Å². The highest BCUT2D eigenvalue weighted by atomic mass is 32.1. The van der Waals surface area contributed by atoms with Gasteiger partial charge in [-0.15, -0.1) is 0 Å². The normalized spacial score (nSPS) is 11.0. The minimum Gasteiger partial charge on any atom is -0.493 e. The van der Waals surface area contributed by atoms with Gasteiger partial charge in [0, 0.05) is 6.08 Å². The number of hydrogen-bond donors (Lipinski definition) is 1. The third kappa shape index (κ3) is 4.20. The van der Waals surface area contributed by atoms with E-state index < -0.39 is 0 Å². The Labute approximate surface area is 161 Å². The minimum atomic E-state index is -0.264. The van der Waals surface area contributed by atoms with Crippen LogP contribution in [-0.4, -0.2) is 32.2 Å². The number of ether oxygens (including phenoxy) is 3. The Morgan fingerprint density at radius 3 is 2.41 bits per heavy atom. The van der Waals surface area contributed by atoms with Crippen molar-refractivity contribution in [1.82, 2.24) is 4.98 Å². The third-order valence-corrected chi connectivity index (χ3v) is 4.82. The summed E-state index contributed by atoms with van der Waals surface area (Å²) in [5.74, 6) is 1.29. The van der Waals surface area contributed by atoms with E-state index in [-0.39, 0.29) is 5.91 Å². The van der Waals surface area contributed by atoms with Gasteiger partial charge < -0.3 is 14.2 Å². The number of anilines is 1. The third-order valence-electron chi connectivity index (χ3n) is 3.89. The Bertz CT molecular complexity index is 985. The zero-order chi connectivity index (χ0) is 19.4. The maximum absolute atomic E-state index is 12.2. The topological polar surface area (TPSA) is 69.7 Å². The number of rotatable bonds is 6. The lowest BCUT2D eigenvalue weighted by Gasteiger charge is -2.12. The number of nitrogens with one attached hydrogen (secondary N) is 1. The van der Waals surface area contributed by atoms with Crippen molar-refractivity contribution in [1.29, 1.82) is 0 Å². The van der Waals surface area contributed by atoms with Gasteiger partial charge in [0.2, 0.25) is 11.7 Å². The molecule has 0 spiro atoms. The standard InChI is InChI=1S/C20H20N2O4S/c1-12-5-7-14-17(9-12)27-20(21-14)22-18(23)8-6-13-10-15(24-2)19(26-4)16(11-13)25-3/h5-11H,1-4H3,(H,21,22,23)/b8-6+. The summed E-state index contributed by atoms with van der Waals surface area (Å²) < 4.78 is 17.0. The molecule has 0 atom stereocenters. The molecule has 0 radical (unpaired) electrons. The number of carbonyl (C=O) groups excluding carboxylic acids is 1. The smallest absolute Gasteiger partial charge is 0.250 e. The van der Waals surface area contributed by atoms with Gasteiger partial charge in [-0.25, -0.2) is 4.98 Å². The number of amides is 1. The molecule has 27 heavy (non-hydrogen) atoms. The van der Waals surface area contributed by atoms with Gasteiger partial charge >= 0.3 is 0 Å². The van der Waals surface area contributed by atoms with Gasteiger partial charge in [0.05, 0.1) is 31.5 Å². The van der Waals surface area contributed by atoms with Crippen molar-refractivity contribution < 1.29 is 19.0 Å². The Balaban J connectivity index is 1.77. The molecule has 1 heterocycles. The van der Waals surface area contributed by atoms with E-state index >= 15 is 0 Å². The van der Waals surface area contributed by atoms with E-state index in [1.807, 2.05) is 19.1 Å². The molecule has 1 aromatic heterocycles. The number of aryl methyl sites for hydroxylation is 1. The average molecular weight is 384 g/mol. The lowest BCUT2D eigenvalue weighted by atomic mass is 10.1. The predicted molar refractivity (Wildman–Crippen MR) is 108 cm³/mol. The fourth-order valence-electron chi connectivity index (χ4n) is 2.60. The molecule has 0 aliphatic rings. The lowest BCUT2D eigenvalue weighted by molar-refractivity contribution is -0.111. The molecule has 3 aromatic rings. The zero-order valence-electron chi connectivity index (χ0n) is 15.5. The van der Waals surface area contributed by atoms with Gasteiger partial charge in [-0.3, -0.25) is 10.1 Å². The first-order chi connectivity index (χ1) is 13.0. The molecule has 7 heteroatoms. The first-order valence-electron chi connectivity index (χ1n) is 8.20. The van der Waals surface area contributed by atoms with Crippen LogP contribution in [0.3, 0.4) is 0 Å². The fourth-order valence-corrected chi connectivity index (χ4v) is 3.57. The van der Waals surface area contributed by atoms with E-state index in [2.05, 4.69) is 16.4 Å². The molecule has 0 bridgehead atoms. The molecule has 0 saturated heterocycles. The molecule has 0 saturated carbocycles. The Morgan fingerprint density at radius 2 is 1.78 bits per heavy atom. The molecule has 1 N–H and O–H groups in total. The molecular formula is C20H20N2O4S. The van der Waals surface area contributed by atoms with E-state index in [0.717, 1.165) is 21.3 Å². The van der Waals surface area contributed by atoms with Crippen LogP contribution in [0.2, 0.25) is 0 Å². The number of fused-ring (bicyclic) bond motifs is 1. The van der Waals surface area contributed by atoms with Crippen LogP contribution in [0.15, 0.2) is 36.4 Å². The second-order valence-corrected chi connectivity index (χ2v) is 6.80. The molecule has 0 aliphatic carbocycles. The monoisotopic (exact) mass is 384 g/mol. The minimum absolute atomic E-state index is 0.264. The van der Waals surface area contributed by atoms with Crippen molar-refractivity contribution in [2.24, 2.45) is 0 Å². The SMILES string of the molecule is COc1cc(/C=C/C(=O)Nc2nc3ccc(C)cc3s2)cc(OC)c1OC. The van der Waals surface area contributed by atoms with Crippen molar-refractivity contribution in [2.45, 2.75) is 6.92 Å². The van der Waals surface area contributed by atoms with E-state index in [1.54, 1.807) is 39.5 Å². The van der Waals surface area contributed by atoms with Gasteiger partial charge in [0.15, 0.2) is 16.6 Å². The number of benzene rings is 2. The van der Waals surface area contributed by atoms with E-state index in [4.69, 9.17) is 14.2 Å². The Hall–Kier alpha value is -3.06. The van der Waals surface area contributed by atoms with Crippen molar-refractivity contribution in [3.63, 3.8) is 0 Å². The molecule has 0 unspecified atom stereocenters. The molecule has 2 aromatic carbocycles. The van der Waals surface area contributed by atoms with Gasteiger partial charge in [-0.2, -0.15) is 0 Å². The Kier molecular flexibility index (Phi) is 5.61. The summed E-state index contributed by atoms with van der Waals surface area (Å²) in [5, 5.41) is 3.36. The summed E-state index contributed by atoms with van der Waals surface area (Å²) >= 11 is 1.45. The van der Waals surface area contributed by atoms with Crippen LogP contribution in [0.1, 0.15) is 11.1 Å². The molecule has 1 amide bonds. The van der Waals surface area contributed by atoms with Crippen LogP contribution in [0.25, 0.3) is 16.3 Å². The summed E-state index contributed by atoms with van der Waals surface area (Å²) in [6, 6.07) is 9.53. The van der Waals surface area contributed by atoms with Crippen LogP contribution >= 0.6 is 11.3 Å². The number of carbonyl (C=O) groups is 1. The predicted octanol–water partition coefficient (Wildman–Crippen LogP) is 4.28. The fraction of sp³-hybridized carbons (Fsp3) is 0.200. The number of thiazole rings is 1. The van der Waals surface area contributed by atoms with Crippen molar-refractivity contribution >= 4 is 38.7 Å². The highest BCUT2D eigenvalue weighted by Crippen LogP contribution is 2.38. The molecule has 3 rings (SSSR count). The van der Waals surface area contributed by atoms with Crippen molar-refractivity contribution in [3.05, 3.63) is 47.5 Å². The lowest BCUT2D eigenvalue weighted by Crippen LogP contribution is -2.07. The molecule has 140 valence electrons. The second kappa shape index (κ2) is 8.09. The first-order valence-corrected chi connectivity index (χ1v) is 9.02. The van der Waals surface area contributed by atoms with Crippen molar-refractivity contribution in [2.75, 3.05) is 26.6 Å². The van der Waals surface area contributed by atoms with Crippen LogP contribution in [0.5, 0.6) is 17.2 Å². The zero-order valence-corrected chi connectivity index (χ0v) is 16.3. The first kappa shape index (κ1) is 18.7. The summed E-state index contributed by atoms with van der Waals surface area (Å²) in [6.07, 6.45) is 3.12. The number of aromatic nitrogens is 1. The van der Waals surface area contributed by atoms with Gasteiger partial charge in [0.1, 0.15) is 0 Å². The second-order valence-electron chi connectivity index (χ2n) is 5.77. The largest absolute Gasteiger partial charge is 0.493 e. The summed E-state index contributed by atoms with van der Waals surface area (Å²) in [5.41, 5.74) is 2.78. The average Bonchev–Trinajstić information content (AvgIpc) is 3.06. The van der Waals surface area contributed by atoms with E-state index in [1.165, 1.54) is 17.4 Å². The van der Waals surface area contributed by atoms with E-state index in [9.17, 15) is 4.79 Å². The Morgan fingerprint density at radius 1 is 1.07 bits per heavy atom. The number of methoxy groups -OCH3 is 3. The highest BCUT2D eigenvalue weighted by Gasteiger charge is 2.12. The molecule has 6 nitrogen and oxygen atoms in total. The molecule has 0 aliphatic heterocycles. The van der Waals surface area contributed by atoms with Gasteiger partial charge in [-0.1, -0.05) is 17.4 Å². The number of nitrogens with zero attached hydrogens (tertiary/aromatic N) is 1. The summed E-state index contributed by atoms with van der Waals surface area (Å²) in [4.78, 5) is 16.7. The van der Waals surface area contributed by atoms with E-state index in [0.29, 0.717) is 22.4 Å². The van der Waals surface area contributed by atoms with Crippen LogP contribution in [0.4, 0.5) is 5.13 Å². The van der Waals surface area contributed by atoms with Crippen molar-refractivity contribution in [3.8, 4) is 17.2 Å². The highest BCUT2D eigenvalue weighted by molar-refractivity contribution is 7.22. The summed E-state index contributed by atoms with van der Waals surface area (Å²) in [7, 11) is 4.64. The maximum Gasteiger partial charge on any atom is 0.250 e. The molecule has 0 fully saturated rings.